The predicted molar refractivity (Wildman–Crippen MR) is 95.6 cm³/mol. The molecule has 1 heterocycles. The minimum absolute atomic E-state index is 0.0668. The number of hydrogen-bond donors (Lipinski definition) is 1. The lowest BCUT2D eigenvalue weighted by Crippen LogP contribution is -2.27. The second-order valence-electron chi connectivity index (χ2n) is 5.19. The van der Waals surface area contributed by atoms with Crippen LogP contribution in [0.1, 0.15) is 19.8 Å². The highest BCUT2D eigenvalue weighted by Gasteiger charge is 2.22. The fraction of sp³-hybridized carbons (Fsp3) is 0.222. The molecule has 0 bridgehead atoms. The molecule has 23 heavy (non-hydrogen) atoms. The Morgan fingerprint density at radius 1 is 1.13 bits per heavy atom. The molecule has 0 aromatic heterocycles. The molecule has 3 rings (SSSR count). The van der Waals surface area contributed by atoms with Crippen LogP contribution in [0.25, 0.3) is 0 Å². The van der Waals surface area contributed by atoms with E-state index in [1.807, 2.05) is 31.2 Å². The third-order valence-corrected chi connectivity index (χ3v) is 4.69. The van der Waals surface area contributed by atoms with Gasteiger partial charge in [-0.05, 0) is 30.7 Å². The van der Waals surface area contributed by atoms with Crippen molar-refractivity contribution in [3.8, 4) is 0 Å². The quantitative estimate of drug-likeness (QED) is 0.662. The molecule has 0 aliphatic carbocycles. The SMILES string of the molecule is CCC=NNC(=O)CCN1c2ccccc2Sc2ccccc21. The van der Waals surface area contributed by atoms with Gasteiger partial charge in [0, 0.05) is 29.0 Å². The van der Waals surface area contributed by atoms with E-state index in [2.05, 4.69) is 39.7 Å². The highest BCUT2D eigenvalue weighted by molar-refractivity contribution is 7.99. The topological polar surface area (TPSA) is 44.7 Å². The molecule has 0 saturated heterocycles. The van der Waals surface area contributed by atoms with Gasteiger partial charge in [0.1, 0.15) is 0 Å². The molecule has 0 spiro atoms. The number of amides is 1. The van der Waals surface area contributed by atoms with Crippen LogP contribution in [-0.2, 0) is 4.79 Å². The molecule has 4 nitrogen and oxygen atoms in total. The maximum absolute atomic E-state index is 11.9. The number of nitrogens with zero attached hydrogens (tertiary/aromatic N) is 2. The van der Waals surface area contributed by atoms with Gasteiger partial charge < -0.3 is 4.90 Å². The Balaban J connectivity index is 1.78. The van der Waals surface area contributed by atoms with Gasteiger partial charge >= 0.3 is 0 Å². The first kappa shape index (κ1) is 15.6. The summed E-state index contributed by atoms with van der Waals surface area (Å²) in [6, 6.07) is 16.6. The molecule has 0 saturated carbocycles. The molecule has 1 N–H and O–H groups in total. The van der Waals surface area contributed by atoms with Gasteiger partial charge in [0.15, 0.2) is 0 Å². The van der Waals surface area contributed by atoms with Gasteiger partial charge in [0.25, 0.3) is 0 Å². The summed E-state index contributed by atoms with van der Waals surface area (Å²) >= 11 is 1.77. The second kappa shape index (κ2) is 7.33. The number of para-hydroxylation sites is 2. The van der Waals surface area contributed by atoms with E-state index >= 15 is 0 Å². The summed E-state index contributed by atoms with van der Waals surface area (Å²) in [5, 5.41) is 3.89. The van der Waals surface area contributed by atoms with Crippen molar-refractivity contribution in [3.63, 3.8) is 0 Å². The highest BCUT2D eigenvalue weighted by atomic mass is 32.2. The second-order valence-corrected chi connectivity index (χ2v) is 6.28. The number of rotatable bonds is 5. The first-order valence-electron chi connectivity index (χ1n) is 7.73. The molecule has 1 aliphatic heterocycles. The van der Waals surface area contributed by atoms with Gasteiger partial charge in [0.2, 0.25) is 5.91 Å². The van der Waals surface area contributed by atoms with Crippen molar-refractivity contribution >= 4 is 35.3 Å². The van der Waals surface area contributed by atoms with Gasteiger partial charge in [-0.1, -0.05) is 43.0 Å². The van der Waals surface area contributed by atoms with Crippen LogP contribution in [0.15, 0.2) is 63.4 Å². The normalized spacial score (nSPS) is 12.8. The smallest absolute Gasteiger partial charge is 0.241 e. The standard InChI is InChI=1S/C18H19N3OS/c1-2-12-19-20-18(22)11-13-21-14-7-3-5-9-16(14)23-17-10-6-4-8-15(17)21/h3-10,12H,2,11,13H2,1H3,(H,20,22). The summed E-state index contributed by atoms with van der Waals surface area (Å²) in [5.74, 6) is -0.0668. The summed E-state index contributed by atoms with van der Waals surface area (Å²) < 4.78 is 0. The van der Waals surface area contributed by atoms with E-state index in [4.69, 9.17) is 0 Å². The number of hydrazone groups is 1. The Morgan fingerprint density at radius 2 is 1.74 bits per heavy atom. The first-order chi connectivity index (χ1) is 11.3. The summed E-state index contributed by atoms with van der Waals surface area (Å²) in [5.41, 5.74) is 4.88. The van der Waals surface area contributed by atoms with Crippen LogP contribution >= 0.6 is 11.8 Å². The molecule has 0 fully saturated rings. The fourth-order valence-electron chi connectivity index (χ4n) is 2.50. The van der Waals surface area contributed by atoms with E-state index < -0.39 is 0 Å². The lowest BCUT2D eigenvalue weighted by molar-refractivity contribution is -0.120. The van der Waals surface area contributed by atoms with E-state index in [-0.39, 0.29) is 5.91 Å². The zero-order valence-electron chi connectivity index (χ0n) is 13.0. The maximum atomic E-state index is 11.9. The summed E-state index contributed by atoms with van der Waals surface area (Å²) in [6.45, 7) is 2.61. The number of fused-ring (bicyclic) bond motifs is 2. The van der Waals surface area contributed by atoms with Crippen LogP contribution in [0.2, 0.25) is 0 Å². The van der Waals surface area contributed by atoms with E-state index in [0.717, 1.165) is 17.8 Å². The number of anilines is 2. The lowest BCUT2D eigenvalue weighted by Gasteiger charge is -2.32. The van der Waals surface area contributed by atoms with E-state index in [1.54, 1.807) is 18.0 Å². The molecular formula is C18H19N3OS. The van der Waals surface area contributed by atoms with E-state index in [0.29, 0.717) is 13.0 Å². The fourth-order valence-corrected chi connectivity index (χ4v) is 3.60. The van der Waals surface area contributed by atoms with Gasteiger partial charge in [-0.15, -0.1) is 0 Å². The number of carbonyl (C=O) groups excluding carboxylic acids is 1. The summed E-state index contributed by atoms with van der Waals surface area (Å²) in [7, 11) is 0. The predicted octanol–water partition coefficient (Wildman–Crippen LogP) is 4.19. The minimum Gasteiger partial charge on any atom is -0.339 e. The highest BCUT2D eigenvalue weighted by Crippen LogP contribution is 2.47. The molecular weight excluding hydrogens is 306 g/mol. The maximum Gasteiger partial charge on any atom is 0.241 e. The van der Waals surface area contributed by atoms with Crippen molar-refractivity contribution in [1.82, 2.24) is 5.43 Å². The van der Waals surface area contributed by atoms with Crippen LogP contribution in [0.3, 0.4) is 0 Å². The Bertz CT molecular complexity index is 684. The average molecular weight is 325 g/mol. The minimum atomic E-state index is -0.0668. The largest absolute Gasteiger partial charge is 0.339 e. The number of nitrogens with one attached hydrogen (secondary N) is 1. The monoisotopic (exact) mass is 325 g/mol. The third kappa shape index (κ3) is 3.56. The molecule has 2 aromatic carbocycles. The molecule has 5 heteroatoms. The summed E-state index contributed by atoms with van der Waals surface area (Å²) in [6.07, 6.45) is 2.90. The Morgan fingerprint density at radius 3 is 2.35 bits per heavy atom. The molecule has 0 unspecified atom stereocenters. The van der Waals surface area contributed by atoms with Crippen LogP contribution in [-0.4, -0.2) is 18.7 Å². The van der Waals surface area contributed by atoms with Gasteiger partial charge in [-0.25, -0.2) is 5.43 Å². The van der Waals surface area contributed by atoms with Crippen molar-refractivity contribution in [3.05, 3.63) is 48.5 Å². The van der Waals surface area contributed by atoms with Crippen LogP contribution in [0, 0.1) is 0 Å². The Labute approximate surface area is 140 Å². The van der Waals surface area contributed by atoms with Gasteiger partial charge in [0.05, 0.1) is 11.4 Å². The molecule has 0 radical (unpaired) electrons. The van der Waals surface area contributed by atoms with E-state index in [1.165, 1.54) is 9.79 Å². The molecule has 2 aromatic rings. The number of hydrogen-bond acceptors (Lipinski definition) is 4. The molecule has 0 atom stereocenters. The zero-order valence-corrected chi connectivity index (χ0v) is 13.8. The van der Waals surface area contributed by atoms with Crippen molar-refractivity contribution < 1.29 is 4.79 Å². The van der Waals surface area contributed by atoms with Crippen molar-refractivity contribution in [2.24, 2.45) is 5.10 Å². The molecule has 118 valence electrons. The van der Waals surface area contributed by atoms with E-state index in [9.17, 15) is 4.79 Å². The van der Waals surface area contributed by atoms with Crippen molar-refractivity contribution in [1.29, 1.82) is 0 Å². The van der Waals surface area contributed by atoms with Crippen LogP contribution in [0.4, 0.5) is 11.4 Å². The zero-order chi connectivity index (χ0) is 16.1. The summed E-state index contributed by atoms with van der Waals surface area (Å²) in [4.78, 5) is 16.6. The number of carbonyl (C=O) groups is 1. The van der Waals surface area contributed by atoms with Crippen molar-refractivity contribution in [2.75, 3.05) is 11.4 Å². The molecule has 1 aliphatic rings. The van der Waals surface area contributed by atoms with Gasteiger partial charge in [-0.2, -0.15) is 5.10 Å². The first-order valence-corrected chi connectivity index (χ1v) is 8.55. The van der Waals surface area contributed by atoms with Crippen LogP contribution in [0.5, 0.6) is 0 Å². The Kier molecular flexibility index (Phi) is 4.98. The van der Waals surface area contributed by atoms with Gasteiger partial charge in [-0.3, -0.25) is 4.79 Å². The van der Waals surface area contributed by atoms with Crippen LogP contribution < -0.4 is 10.3 Å². The molecule has 1 amide bonds. The third-order valence-electron chi connectivity index (χ3n) is 3.56. The number of benzene rings is 2. The lowest BCUT2D eigenvalue weighted by atomic mass is 10.2. The Hall–Kier alpha value is -2.27. The van der Waals surface area contributed by atoms with Crippen molar-refractivity contribution in [2.45, 2.75) is 29.6 Å². The average Bonchev–Trinajstić information content (AvgIpc) is 2.59.